The zero-order chi connectivity index (χ0) is 28.3. The number of aromatic nitrogens is 5. The molecule has 204 valence electrons. The highest BCUT2D eigenvalue weighted by Gasteiger charge is 2.29. The highest BCUT2D eigenvalue weighted by molar-refractivity contribution is 5.98. The number of nitrogens with two attached hydrogens (primary N) is 1. The fourth-order valence-corrected chi connectivity index (χ4v) is 4.95. The first kappa shape index (κ1) is 25.6. The molecule has 11 heteroatoms. The van der Waals surface area contributed by atoms with Gasteiger partial charge in [0, 0.05) is 41.1 Å². The van der Waals surface area contributed by atoms with E-state index in [1.165, 1.54) is 0 Å². The third-order valence-corrected chi connectivity index (χ3v) is 6.81. The fourth-order valence-electron chi connectivity index (χ4n) is 4.95. The molecule has 6 rings (SSSR count). The molecule has 0 unspecified atom stereocenters. The highest BCUT2D eigenvalue weighted by Crippen LogP contribution is 2.36. The third kappa shape index (κ3) is 5.03. The summed E-state index contributed by atoms with van der Waals surface area (Å²) in [7, 11) is 1.74. The molecule has 0 saturated carbocycles. The van der Waals surface area contributed by atoms with E-state index in [0.717, 1.165) is 22.3 Å². The number of primary amides is 1. The van der Waals surface area contributed by atoms with Crippen molar-refractivity contribution in [1.82, 2.24) is 24.7 Å². The van der Waals surface area contributed by atoms with Crippen LogP contribution in [0.25, 0.3) is 22.3 Å². The molecule has 3 heterocycles. The van der Waals surface area contributed by atoms with Crippen LogP contribution in [0.4, 0.5) is 17.3 Å². The summed E-state index contributed by atoms with van der Waals surface area (Å²) in [5, 5.41) is 10.4. The zero-order valence-electron chi connectivity index (χ0n) is 22.1. The topological polar surface area (TPSA) is 148 Å². The van der Waals surface area contributed by atoms with E-state index in [9.17, 15) is 9.59 Å². The van der Waals surface area contributed by atoms with Gasteiger partial charge in [-0.05, 0) is 54.6 Å². The Kier molecular flexibility index (Phi) is 6.74. The number of nitrogens with one attached hydrogen (secondary N) is 2. The molecule has 3 aromatic carbocycles. The second-order valence-corrected chi connectivity index (χ2v) is 9.30. The first-order chi connectivity index (χ1) is 20.0. The van der Waals surface area contributed by atoms with Crippen LogP contribution in [0.2, 0.25) is 0 Å². The van der Waals surface area contributed by atoms with Crippen LogP contribution < -0.4 is 21.7 Å². The molecule has 0 aliphatic heterocycles. The Bertz CT molecular complexity index is 1840. The molecule has 4 N–H and O–H groups in total. The number of para-hydroxylation sites is 2. The highest BCUT2D eigenvalue weighted by atomic mass is 16.4. The molecule has 6 aromatic rings. The molecule has 11 nitrogen and oxygen atoms in total. The van der Waals surface area contributed by atoms with Crippen LogP contribution in [0.5, 0.6) is 0 Å². The Balaban J connectivity index is 1.61. The molecule has 41 heavy (non-hydrogen) atoms. The van der Waals surface area contributed by atoms with Gasteiger partial charge in [0.05, 0.1) is 17.9 Å². The number of fused-ring (bicyclic) bond motifs is 1. The van der Waals surface area contributed by atoms with Gasteiger partial charge in [-0.1, -0.05) is 36.4 Å². The summed E-state index contributed by atoms with van der Waals surface area (Å²) in [5.41, 5.74) is 9.95. The molecule has 3 aromatic heterocycles. The van der Waals surface area contributed by atoms with Gasteiger partial charge in [0.25, 0.3) is 0 Å². The van der Waals surface area contributed by atoms with E-state index in [0.29, 0.717) is 29.4 Å². The van der Waals surface area contributed by atoms with Crippen molar-refractivity contribution in [3.8, 4) is 11.4 Å². The first-order valence-electron chi connectivity index (χ1n) is 12.9. The molecular formula is C30H26N8O3. The quantitative estimate of drug-likeness (QED) is 0.243. The maximum atomic E-state index is 12.2. The van der Waals surface area contributed by atoms with Gasteiger partial charge in [0.2, 0.25) is 17.7 Å². The molecule has 0 bridgehead atoms. The van der Waals surface area contributed by atoms with Crippen molar-refractivity contribution >= 4 is 34.1 Å². The number of rotatable bonds is 9. The molecule has 0 radical (unpaired) electrons. The summed E-state index contributed by atoms with van der Waals surface area (Å²) in [4.78, 5) is 35.3. The number of amides is 1. The van der Waals surface area contributed by atoms with Crippen molar-refractivity contribution in [2.24, 2.45) is 5.73 Å². The van der Waals surface area contributed by atoms with Crippen molar-refractivity contribution in [2.75, 3.05) is 23.8 Å². The van der Waals surface area contributed by atoms with Gasteiger partial charge in [0.1, 0.15) is 6.04 Å². The van der Waals surface area contributed by atoms with Crippen molar-refractivity contribution in [2.45, 2.75) is 6.04 Å². The monoisotopic (exact) mass is 546 g/mol. The normalized spacial score (nSPS) is 11.8. The van der Waals surface area contributed by atoms with E-state index >= 15 is 0 Å². The van der Waals surface area contributed by atoms with E-state index < -0.39 is 17.7 Å². The van der Waals surface area contributed by atoms with Crippen molar-refractivity contribution in [1.29, 1.82) is 0 Å². The van der Waals surface area contributed by atoms with Gasteiger partial charge in [-0.25, -0.2) is 19.9 Å². The zero-order valence-corrected chi connectivity index (χ0v) is 22.1. The Labute approximate surface area is 234 Å². The number of nitrogens with zero attached hydrogens (tertiary/aromatic N) is 5. The fraction of sp³-hybridized carbons (Fsp3) is 0.100. The van der Waals surface area contributed by atoms with Crippen molar-refractivity contribution in [3.05, 3.63) is 119 Å². The van der Waals surface area contributed by atoms with Crippen LogP contribution in [-0.2, 0) is 0 Å². The number of aromatic amines is 1. The Morgan fingerprint density at radius 3 is 2.34 bits per heavy atom. The summed E-state index contributed by atoms with van der Waals surface area (Å²) in [6.45, 7) is 0.333. The number of hydrogen-bond donors (Lipinski definition) is 3. The second kappa shape index (κ2) is 10.8. The van der Waals surface area contributed by atoms with E-state index in [1.807, 2.05) is 77.4 Å². The van der Waals surface area contributed by atoms with Gasteiger partial charge in [-0.2, -0.15) is 0 Å². The second-order valence-electron chi connectivity index (χ2n) is 9.30. The molecule has 0 aliphatic rings. The number of carbonyl (C=O) groups is 1. The lowest BCUT2D eigenvalue weighted by Crippen LogP contribution is -2.29. The van der Waals surface area contributed by atoms with Crippen LogP contribution in [0.1, 0.15) is 22.3 Å². The van der Waals surface area contributed by atoms with Gasteiger partial charge >= 0.3 is 5.76 Å². The number of anilines is 3. The Hall–Kier alpha value is -5.71. The number of benzene rings is 3. The lowest BCUT2D eigenvalue weighted by molar-refractivity contribution is 0.100. The molecule has 1 atom stereocenters. The number of hydrogen-bond acceptors (Lipinski definition) is 8. The summed E-state index contributed by atoms with van der Waals surface area (Å²) in [6, 6.07) is 28.2. The van der Waals surface area contributed by atoms with Gasteiger partial charge < -0.3 is 24.9 Å². The van der Waals surface area contributed by atoms with E-state index in [2.05, 4.69) is 30.4 Å². The smallest absolute Gasteiger partial charge is 0.390 e. The van der Waals surface area contributed by atoms with Crippen LogP contribution in [0.3, 0.4) is 0 Å². The SMILES string of the molecule is CNc1nccc(-c2cc3cc(C(N)=O)ccc3n2[C@@H](CN(c2ccccc2)c2ccccc2)c2n[nH]c(=O)o2)n1. The summed E-state index contributed by atoms with van der Waals surface area (Å²) in [6.07, 6.45) is 1.66. The van der Waals surface area contributed by atoms with E-state index in [-0.39, 0.29) is 5.89 Å². The summed E-state index contributed by atoms with van der Waals surface area (Å²) in [5.74, 6) is -0.568. The molecule has 0 saturated heterocycles. The van der Waals surface area contributed by atoms with Crippen LogP contribution in [0.15, 0.2) is 106 Å². The number of H-pyrrole nitrogens is 1. The minimum atomic E-state index is -0.662. The Morgan fingerprint density at radius 1 is 1.02 bits per heavy atom. The molecule has 0 spiro atoms. The van der Waals surface area contributed by atoms with Gasteiger partial charge in [-0.3, -0.25) is 4.79 Å². The van der Waals surface area contributed by atoms with E-state index in [1.54, 1.807) is 31.4 Å². The predicted octanol–water partition coefficient (Wildman–Crippen LogP) is 4.34. The summed E-state index contributed by atoms with van der Waals surface area (Å²) >= 11 is 0. The molecule has 0 aliphatic carbocycles. The van der Waals surface area contributed by atoms with E-state index in [4.69, 9.17) is 10.2 Å². The minimum Gasteiger partial charge on any atom is -0.390 e. The average molecular weight is 547 g/mol. The summed E-state index contributed by atoms with van der Waals surface area (Å²) < 4.78 is 7.61. The molecule has 0 fully saturated rings. The van der Waals surface area contributed by atoms with Gasteiger partial charge in [0.15, 0.2) is 0 Å². The molecular weight excluding hydrogens is 520 g/mol. The van der Waals surface area contributed by atoms with Crippen molar-refractivity contribution < 1.29 is 9.21 Å². The first-order valence-corrected chi connectivity index (χ1v) is 12.9. The minimum absolute atomic E-state index is 0.187. The van der Waals surface area contributed by atoms with Gasteiger partial charge in [-0.15, -0.1) is 5.10 Å². The lowest BCUT2D eigenvalue weighted by atomic mass is 10.1. The number of carbonyl (C=O) groups excluding carboxylic acids is 1. The maximum Gasteiger partial charge on any atom is 0.434 e. The predicted molar refractivity (Wildman–Crippen MR) is 156 cm³/mol. The van der Waals surface area contributed by atoms with Crippen LogP contribution in [-0.4, -0.2) is 44.2 Å². The molecule has 1 amide bonds. The van der Waals surface area contributed by atoms with Crippen LogP contribution in [0, 0.1) is 0 Å². The maximum absolute atomic E-state index is 12.2. The van der Waals surface area contributed by atoms with Crippen molar-refractivity contribution in [3.63, 3.8) is 0 Å². The Morgan fingerprint density at radius 2 is 1.73 bits per heavy atom. The average Bonchev–Trinajstić information content (AvgIpc) is 3.62. The largest absolute Gasteiger partial charge is 0.434 e. The van der Waals surface area contributed by atoms with Crippen LogP contribution >= 0.6 is 0 Å². The standard InChI is InChI=1S/C30H26N8O3/c1-32-29-33-15-14-23(34-29)25-17-20-16-19(27(31)39)12-13-24(20)38(25)26(28-35-36-30(40)41-28)18-37(21-8-4-2-5-9-21)22-10-6-3-7-11-22/h2-17,26H,18H2,1H3,(H2,31,39)(H,36,40)(H,32,33,34)/t26-/m0/s1. The third-order valence-electron chi connectivity index (χ3n) is 6.81. The lowest BCUT2D eigenvalue weighted by Gasteiger charge is -2.30.